The minimum Gasteiger partial charge on any atom is -0.429 e. The second kappa shape index (κ2) is 5.70. The number of ether oxygens (including phenoxy) is 1. The first kappa shape index (κ1) is 15.8. The Kier molecular flexibility index (Phi) is 3.77. The highest BCUT2D eigenvalue weighted by atomic mass is 32.1. The van der Waals surface area contributed by atoms with Crippen LogP contribution in [-0.4, -0.2) is 41.6 Å². The Morgan fingerprint density at radius 2 is 2.29 bits per heavy atom. The quantitative estimate of drug-likeness (QED) is 0.853. The molecule has 0 aliphatic heterocycles. The van der Waals surface area contributed by atoms with Gasteiger partial charge in [-0.15, -0.1) is 0 Å². The van der Waals surface area contributed by atoms with Crippen molar-refractivity contribution in [3.05, 3.63) is 28.6 Å². The Labute approximate surface area is 146 Å². The van der Waals surface area contributed by atoms with Crippen LogP contribution >= 0.6 is 12.2 Å². The number of hydrogen-bond donors (Lipinski definition) is 1. The van der Waals surface area contributed by atoms with E-state index in [1.807, 2.05) is 31.0 Å². The van der Waals surface area contributed by atoms with Crippen molar-refractivity contribution in [2.45, 2.75) is 44.8 Å². The van der Waals surface area contributed by atoms with E-state index in [9.17, 15) is 4.79 Å². The Balaban J connectivity index is 1.56. The standard InChI is InChI=1S/C18H22N2O3S/c1-3-22-15-10-14(18(15)7-4-8-18)20(2)16(21)11-5-6-12-13(9-11)23-17(24)19-12/h5-6,9,14-15H,3-4,7-8,10H2,1-2H3,(H,19,24)/t14-,15-/m0/s1. The normalized spacial score (nSPS) is 24.6. The van der Waals surface area contributed by atoms with Gasteiger partial charge in [-0.1, -0.05) is 6.42 Å². The number of nitrogens with zero attached hydrogens (tertiary/aromatic N) is 1. The maximum absolute atomic E-state index is 12.9. The molecule has 2 fully saturated rings. The van der Waals surface area contributed by atoms with Gasteiger partial charge in [0.1, 0.15) is 0 Å². The van der Waals surface area contributed by atoms with Crippen molar-refractivity contribution in [1.82, 2.24) is 9.88 Å². The van der Waals surface area contributed by atoms with Crippen LogP contribution in [0.15, 0.2) is 22.6 Å². The summed E-state index contributed by atoms with van der Waals surface area (Å²) in [5.74, 6) is 0.0328. The van der Waals surface area contributed by atoms with Crippen molar-refractivity contribution in [1.29, 1.82) is 0 Å². The lowest BCUT2D eigenvalue weighted by Gasteiger charge is -2.63. The third-order valence-electron chi connectivity index (χ3n) is 5.85. The zero-order valence-electron chi connectivity index (χ0n) is 14.0. The van der Waals surface area contributed by atoms with Crippen molar-refractivity contribution in [3.63, 3.8) is 0 Å². The van der Waals surface area contributed by atoms with Crippen LogP contribution in [0.1, 0.15) is 43.0 Å². The summed E-state index contributed by atoms with van der Waals surface area (Å²) in [6.45, 7) is 2.78. The smallest absolute Gasteiger partial charge is 0.266 e. The van der Waals surface area contributed by atoms with E-state index in [1.54, 1.807) is 6.07 Å². The molecule has 24 heavy (non-hydrogen) atoms. The SMILES string of the molecule is CCO[C@H]1C[C@H](N(C)C(=O)c2ccc3[nH]c(=S)oc3c2)C12CCC2. The van der Waals surface area contributed by atoms with E-state index < -0.39 is 0 Å². The lowest BCUT2D eigenvalue weighted by atomic mass is 9.50. The van der Waals surface area contributed by atoms with E-state index in [0.717, 1.165) is 31.4 Å². The van der Waals surface area contributed by atoms with Gasteiger partial charge in [0.05, 0.1) is 11.6 Å². The molecule has 2 aliphatic carbocycles. The lowest BCUT2D eigenvalue weighted by molar-refractivity contribution is -0.192. The number of nitrogens with one attached hydrogen (secondary N) is 1. The van der Waals surface area contributed by atoms with Crippen molar-refractivity contribution in [2.75, 3.05) is 13.7 Å². The first-order valence-electron chi connectivity index (χ1n) is 8.57. The molecule has 4 rings (SSSR count). The van der Waals surface area contributed by atoms with E-state index in [-0.39, 0.29) is 17.4 Å². The number of amides is 1. The summed E-state index contributed by atoms with van der Waals surface area (Å²) >= 11 is 5.00. The highest BCUT2D eigenvalue weighted by Crippen LogP contribution is 2.59. The first-order valence-corrected chi connectivity index (χ1v) is 8.97. The summed E-state index contributed by atoms with van der Waals surface area (Å²) in [6.07, 6.45) is 4.79. The van der Waals surface area contributed by atoms with Crippen LogP contribution in [-0.2, 0) is 4.74 Å². The summed E-state index contributed by atoms with van der Waals surface area (Å²) in [5.41, 5.74) is 2.25. The predicted octanol–water partition coefficient (Wildman–Crippen LogP) is 3.91. The maximum Gasteiger partial charge on any atom is 0.266 e. The van der Waals surface area contributed by atoms with E-state index in [2.05, 4.69) is 4.98 Å². The second-order valence-corrected chi connectivity index (χ2v) is 7.29. The largest absolute Gasteiger partial charge is 0.429 e. The molecular formula is C18H22N2O3S. The molecule has 128 valence electrons. The minimum atomic E-state index is 0.0328. The fourth-order valence-corrected chi connectivity index (χ4v) is 4.57. The fourth-order valence-electron chi connectivity index (χ4n) is 4.37. The lowest BCUT2D eigenvalue weighted by Crippen LogP contribution is -2.67. The molecule has 2 aliphatic rings. The van der Waals surface area contributed by atoms with Crippen LogP contribution in [0.4, 0.5) is 0 Å². The van der Waals surface area contributed by atoms with Crippen LogP contribution in [0.2, 0.25) is 0 Å². The molecule has 2 atom stereocenters. The summed E-state index contributed by atoms with van der Waals surface area (Å²) in [4.78, 5) is 18.1. The molecule has 1 spiro atoms. The van der Waals surface area contributed by atoms with Crippen molar-refractivity contribution in [3.8, 4) is 0 Å². The number of H-pyrrole nitrogens is 1. The Morgan fingerprint density at radius 1 is 1.50 bits per heavy atom. The van der Waals surface area contributed by atoms with Gasteiger partial charge in [-0.2, -0.15) is 0 Å². The van der Waals surface area contributed by atoms with E-state index in [4.69, 9.17) is 21.4 Å². The molecule has 0 radical (unpaired) electrons. The first-order chi connectivity index (χ1) is 11.5. The molecule has 2 aromatic rings. The van der Waals surface area contributed by atoms with Gasteiger partial charge in [0.15, 0.2) is 5.58 Å². The third-order valence-corrected chi connectivity index (χ3v) is 6.04. The third kappa shape index (κ3) is 2.24. The van der Waals surface area contributed by atoms with Crippen molar-refractivity contribution >= 4 is 29.2 Å². The Bertz CT molecular complexity index is 836. The number of aromatic nitrogens is 1. The summed E-state index contributed by atoms with van der Waals surface area (Å²) in [6, 6.07) is 5.71. The van der Waals surface area contributed by atoms with Crippen LogP contribution in [0, 0.1) is 10.3 Å². The van der Waals surface area contributed by atoms with Crippen LogP contribution in [0.3, 0.4) is 0 Å². The molecule has 2 saturated carbocycles. The van der Waals surface area contributed by atoms with Gasteiger partial charge in [0.25, 0.3) is 10.7 Å². The molecule has 1 amide bonds. The number of carbonyl (C=O) groups is 1. The zero-order chi connectivity index (χ0) is 16.9. The maximum atomic E-state index is 12.9. The molecule has 1 aromatic carbocycles. The molecule has 1 aromatic heterocycles. The van der Waals surface area contributed by atoms with E-state index in [0.29, 0.717) is 22.1 Å². The van der Waals surface area contributed by atoms with Gasteiger partial charge in [-0.25, -0.2) is 0 Å². The topological polar surface area (TPSA) is 58.5 Å². The van der Waals surface area contributed by atoms with Gasteiger partial charge in [-0.05, 0) is 56.6 Å². The molecule has 0 bridgehead atoms. The monoisotopic (exact) mass is 346 g/mol. The summed E-state index contributed by atoms with van der Waals surface area (Å²) in [7, 11) is 1.91. The summed E-state index contributed by atoms with van der Waals surface area (Å²) in [5, 5.41) is 0. The van der Waals surface area contributed by atoms with Gasteiger partial charge in [-0.3, -0.25) is 4.79 Å². The molecule has 1 heterocycles. The van der Waals surface area contributed by atoms with Crippen molar-refractivity contribution in [2.24, 2.45) is 5.41 Å². The van der Waals surface area contributed by atoms with Gasteiger partial charge >= 0.3 is 0 Å². The zero-order valence-corrected chi connectivity index (χ0v) is 14.8. The van der Waals surface area contributed by atoms with E-state index in [1.165, 1.54) is 6.42 Å². The Morgan fingerprint density at radius 3 is 2.96 bits per heavy atom. The fraction of sp³-hybridized carbons (Fsp3) is 0.556. The number of fused-ring (bicyclic) bond motifs is 1. The molecule has 1 N–H and O–H groups in total. The number of hydrogen-bond acceptors (Lipinski definition) is 4. The predicted molar refractivity (Wildman–Crippen MR) is 93.6 cm³/mol. The molecule has 0 unspecified atom stereocenters. The van der Waals surface area contributed by atoms with Crippen LogP contribution < -0.4 is 0 Å². The highest BCUT2D eigenvalue weighted by molar-refractivity contribution is 7.71. The van der Waals surface area contributed by atoms with Gasteiger partial charge < -0.3 is 19.0 Å². The van der Waals surface area contributed by atoms with Gasteiger partial charge in [0, 0.05) is 30.7 Å². The molecule has 5 nitrogen and oxygen atoms in total. The van der Waals surface area contributed by atoms with Crippen molar-refractivity contribution < 1.29 is 13.9 Å². The highest BCUT2D eigenvalue weighted by Gasteiger charge is 2.60. The summed E-state index contributed by atoms with van der Waals surface area (Å²) < 4.78 is 11.3. The molecular weight excluding hydrogens is 324 g/mol. The average Bonchev–Trinajstić information content (AvgIpc) is 2.87. The average molecular weight is 346 g/mol. The number of rotatable bonds is 4. The molecule has 6 heteroatoms. The van der Waals surface area contributed by atoms with Crippen LogP contribution in [0.25, 0.3) is 11.1 Å². The van der Waals surface area contributed by atoms with Gasteiger partial charge in [0.2, 0.25) is 0 Å². The van der Waals surface area contributed by atoms with Crippen LogP contribution in [0.5, 0.6) is 0 Å². The molecule has 0 saturated heterocycles. The number of carbonyl (C=O) groups excluding carboxylic acids is 1. The number of benzene rings is 1. The minimum absolute atomic E-state index is 0.0328. The Hall–Kier alpha value is -1.66. The number of oxazole rings is 1. The number of aromatic amines is 1. The second-order valence-electron chi connectivity index (χ2n) is 6.92. The van der Waals surface area contributed by atoms with E-state index >= 15 is 0 Å².